The van der Waals surface area contributed by atoms with Gasteiger partial charge in [0.1, 0.15) is 11.5 Å². The van der Waals surface area contributed by atoms with Gasteiger partial charge in [0, 0.05) is 33.6 Å². The summed E-state index contributed by atoms with van der Waals surface area (Å²) in [6.07, 6.45) is 2.90. The Labute approximate surface area is 144 Å². The molecular formula is C16H27N3O4S. The second-order valence-electron chi connectivity index (χ2n) is 6.48. The monoisotopic (exact) mass is 357 g/mol. The summed E-state index contributed by atoms with van der Waals surface area (Å²) >= 11 is 0. The molecule has 1 atom stereocenters. The lowest BCUT2D eigenvalue weighted by Crippen LogP contribution is -2.45. The van der Waals surface area contributed by atoms with Crippen LogP contribution in [0.2, 0.25) is 0 Å². The Balaban J connectivity index is 1.76. The molecule has 1 N–H and O–H groups in total. The third-order valence-electron chi connectivity index (χ3n) is 4.30. The van der Waals surface area contributed by atoms with E-state index in [1.807, 2.05) is 19.1 Å². The number of nitrogens with one attached hydrogen (secondary N) is 1. The molecule has 1 amide bonds. The molecule has 2 heterocycles. The molecule has 8 heteroatoms. The number of nitrogens with zero attached hydrogens (tertiary/aromatic N) is 2. The molecule has 1 aliphatic heterocycles. The fourth-order valence-corrected chi connectivity index (χ4v) is 4.11. The van der Waals surface area contributed by atoms with Crippen LogP contribution in [-0.4, -0.2) is 50.1 Å². The minimum Gasteiger partial charge on any atom is -0.465 e. The highest BCUT2D eigenvalue weighted by Gasteiger charge is 2.30. The van der Waals surface area contributed by atoms with Crippen molar-refractivity contribution in [2.45, 2.75) is 39.2 Å². The number of rotatable bonds is 7. The summed E-state index contributed by atoms with van der Waals surface area (Å²) in [5, 5.41) is 2.84. The van der Waals surface area contributed by atoms with Crippen LogP contribution in [0.3, 0.4) is 0 Å². The summed E-state index contributed by atoms with van der Waals surface area (Å²) in [5.74, 6) is 1.76. The van der Waals surface area contributed by atoms with Gasteiger partial charge in [-0.2, -0.15) is 17.0 Å². The van der Waals surface area contributed by atoms with Crippen LogP contribution in [0.25, 0.3) is 0 Å². The largest absolute Gasteiger partial charge is 0.465 e. The number of carbonyl (C=O) groups excluding carboxylic acids is 1. The summed E-state index contributed by atoms with van der Waals surface area (Å²) in [4.78, 5) is 12.0. The van der Waals surface area contributed by atoms with Crippen molar-refractivity contribution in [1.82, 2.24) is 13.9 Å². The van der Waals surface area contributed by atoms with Gasteiger partial charge in [0.05, 0.1) is 6.54 Å². The molecule has 0 spiro atoms. The Hall–Kier alpha value is -1.38. The molecule has 1 aromatic heterocycles. The second kappa shape index (κ2) is 8.13. The Morgan fingerprint density at radius 3 is 2.79 bits per heavy atom. The highest BCUT2D eigenvalue weighted by molar-refractivity contribution is 7.86. The van der Waals surface area contributed by atoms with Crippen LogP contribution in [0.4, 0.5) is 0 Å². The lowest BCUT2D eigenvalue weighted by Gasteiger charge is -2.33. The van der Waals surface area contributed by atoms with Crippen molar-refractivity contribution < 1.29 is 17.6 Å². The molecule has 0 aromatic carbocycles. The van der Waals surface area contributed by atoms with Crippen LogP contribution in [0, 0.1) is 12.8 Å². The predicted molar refractivity (Wildman–Crippen MR) is 91.4 cm³/mol. The van der Waals surface area contributed by atoms with E-state index in [9.17, 15) is 13.2 Å². The first-order chi connectivity index (χ1) is 11.3. The molecule has 0 bridgehead atoms. The molecule has 0 radical (unpaired) electrons. The van der Waals surface area contributed by atoms with E-state index in [0.29, 0.717) is 32.5 Å². The molecule has 2 rings (SSSR count). The van der Waals surface area contributed by atoms with Crippen molar-refractivity contribution in [1.29, 1.82) is 0 Å². The average Bonchev–Trinajstić information content (AvgIpc) is 2.96. The Morgan fingerprint density at radius 2 is 2.17 bits per heavy atom. The molecule has 1 aromatic rings. The quantitative estimate of drug-likeness (QED) is 0.802. The number of amides is 1. The van der Waals surface area contributed by atoms with Crippen LogP contribution in [0.15, 0.2) is 16.5 Å². The van der Waals surface area contributed by atoms with Gasteiger partial charge in [-0.25, -0.2) is 0 Å². The summed E-state index contributed by atoms with van der Waals surface area (Å²) in [6, 6.07) is 3.71. The molecule has 1 fully saturated rings. The third kappa shape index (κ3) is 5.06. The molecule has 136 valence electrons. The van der Waals surface area contributed by atoms with Crippen LogP contribution >= 0.6 is 0 Å². The number of hydrogen-bond acceptors (Lipinski definition) is 4. The van der Waals surface area contributed by atoms with Crippen molar-refractivity contribution in [3.05, 3.63) is 23.7 Å². The van der Waals surface area contributed by atoms with Gasteiger partial charge in [0.15, 0.2) is 0 Å². The van der Waals surface area contributed by atoms with Crippen molar-refractivity contribution >= 4 is 16.1 Å². The van der Waals surface area contributed by atoms with Gasteiger partial charge in [-0.3, -0.25) is 4.79 Å². The number of piperidine rings is 1. The average molecular weight is 357 g/mol. The maximum Gasteiger partial charge on any atom is 0.281 e. The molecule has 24 heavy (non-hydrogen) atoms. The van der Waals surface area contributed by atoms with Crippen LogP contribution in [0.1, 0.15) is 37.2 Å². The minimum absolute atomic E-state index is 0.0309. The predicted octanol–water partition coefficient (Wildman–Crippen LogP) is 1.50. The number of hydrogen-bond donors (Lipinski definition) is 1. The van der Waals surface area contributed by atoms with Gasteiger partial charge in [-0.05, 0) is 44.2 Å². The van der Waals surface area contributed by atoms with E-state index in [1.165, 1.54) is 8.61 Å². The van der Waals surface area contributed by atoms with E-state index in [4.69, 9.17) is 4.42 Å². The van der Waals surface area contributed by atoms with E-state index in [2.05, 4.69) is 5.32 Å². The number of aryl methyl sites for hydroxylation is 1. The Bertz CT molecular complexity index is 654. The molecule has 1 unspecified atom stereocenters. The Kier molecular flexibility index (Phi) is 6.42. The van der Waals surface area contributed by atoms with Gasteiger partial charge < -0.3 is 9.73 Å². The molecule has 0 saturated carbocycles. The first kappa shape index (κ1) is 19.0. The summed E-state index contributed by atoms with van der Waals surface area (Å²) in [5.41, 5.74) is 0. The first-order valence-corrected chi connectivity index (χ1v) is 9.68. The molecule has 7 nitrogen and oxygen atoms in total. The maximum atomic E-state index is 12.2. The highest BCUT2D eigenvalue weighted by atomic mass is 32.2. The standard InChI is InChI=1S/C16H27N3O4S/c1-13-6-8-15(23-13)11-17-16(20)9-7-14-5-4-10-19(12-14)24(21,22)18(2)3/h6,8,14H,4-5,7,9-12H2,1-3H3,(H,17,20). The molecular weight excluding hydrogens is 330 g/mol. The third-order valence-corrected chi connectivity index (χ3v) is 6.21. The minimum atomic E-state index is -3.36. The number of carbonyl (C=O) groups is 1. The summed E-state index contributed by atoms with van der Waals surface area (Å²) < 4.78 is 32.6. The fourth-order valence-electron chi connectivity index (χ4n) is 2.89. The molecule has 0 aliphatic carbocycles. The van der Waals surface area contributed by atoms with E-state index in [0.717, 1.165) is 24.4 Å². The van der Waals surface area contributed by atoms with E-state index in [1.54, 1.807) is 14.1 Å². The van der Waals surface area contributed by atoms with Crippen molar-refractivity contribution in [2.24, 2.45) is 5.92 Å². The highest BCUT2D eigenvalue weighted by Crippen LogP contribution is 2.23. The second-order valence-corrected chi connectivity index (χ2v) is 8.63. The van der Waals surface area contributed by atoms with Gasteiger partial charge in [-0.1, -0.05) is 0 Å². The fraction of sp³-hybridized carbons (Fsp3) is 0.688. The normalized spacial score (nSPS) is 19.6. The lowest BCUT2D eigenvalue weighted by molar-refractivity contribution is -0.121. The van der Waals surface area contributed by atoms with Crippen molar-refractivity contribution in [3.63, 3.8) is 0 Å². The van der Waals surface area contributed by atoms with Gasteiger partial charge >= 0.3 is 0 Å². The smallest absolute Gasteiger partial charge is 0.281 e. The van der Waals surface area contributed by atoms with Crippen molar-refractivity contribution in [2.75, 3.05) is 27.2 Å². The van der Waals surface area contributed by atoms with Crippen molar-refractivity contribution in [3.8, 4) is 0 Å². The van der Waals surface area contributed by atoms with Crippen LogP contribution in [0.5, 0.6) is 0 Å². The zero-order chi connectivity index (χ0) is 17.7. The van der Waals surface area contributed by atoms with E-state index >= 15 is 0 Å². The SMILES string of the molecule is Cc1ccc(CNC(=O)CCC2CCCN(S(=O)(=O)N(C)C)C2)o1. The summed E-state index contributed by atoms with van der Waals surface area (Å²) in [7, 11) is -0.273. The maximum absolute atomic E-state index is 12.2. The number of furan rings is 1. The topological polar surface area (TPSA) is 82.9 Å². The van der Waals surface area contributed by atoms with Crippen LogP contribution < -0.4 is 5.32 Å². The summed E-state index contributed by atoms with van der Waals surface area (Å²) in [6.45, 7) is 3.30. The van der Waals surface area contributed by atoms with Gasteiger partial charge in [-0.15, -0.1) is 0 Å². The van der Waals surface area contributed by atoms with Gasteiger partial charge in [0.2, 0.25) is 5.91 Å². The lowest BCUT2D eigenvalue weighted by atomic mass is 9.94. The zero-order valence-electron chi connectivity index (χ0n) is 14.6. The zero-order valence-corrected chi connectivity index (χ0v) is 15.4. The van der Waals surface area contributed by atoms with E-state index < -0.39 is 10.2 Å². The molecule has 1 aliphatic rings. The van der Waals surface area contributed by atoms with Gasteiger partial charge in [0.25, 0.3) is 10.2 Å². The van der Waals surface area contributed by atoms with Crippen LogP contribution in [-0.2, 0) is 21.5 Å². The molecule has 1 saturated heterocycles. The first-order valence-electron chi connectivity index (χ1n) is 8.28. The van der Waals surface area contributed by atoms with E-state index in [-0.39, 0.29) is 11.8 Å². The Morgan fingerprint density at radius 1 is 1.42 bits per heavy atom.